The Morgan fingerprint density at radius 2 is 1.82 bits per heavy atom. The van der Waals surface area contributed by atoms with E-state index in [0.29, 0.717) is 6.61 Å². The Bertz CT molecular complexity index is 261. The van der Waals surface area contributed by atoms with Crippen LogP contribution < -0.4 is 16.2 Å². The van der Waals surface area contributed by atoms with Gasteiger partial charge in [0.2, 0.25) is 0 Å². The van der Waals surface area contributed by atoms with Crippen molar-refractivity contribution in [2.75, 3.05) is 6.61 Å². The second-order valence-electron chi connectivity index (χ2n) is 5.99. The summed E-state index contributed by atoms with van der Waals surface area (Å²) >= 11 is 0. The highest BCUT2D eigenvalue weighted by molar-refractivity contribution is 5.66. The molecule has 0 aromatic rings. The Balaban J connectivity index is 2.46. The van der Waals surface area contributed by atoms with Gasteiger partial charge in [0.1, 0.15) is 0 Å². The van der Waals surface area contributed by atoms with Crippen molar-refractivity contribution in [1.82, 2.24) is 16.2 Å². The van der Waals surface area contributed by atoms with Crippen LogP contribution in [-0.4, -0.2) is 29.8 Å². The van der Waals surface area contributed by atoms with E-state index in [2.05, 4.69) is 43.9 Å². The Kier molecular flexibility index (Phi) is 4.38. The first-order valence-electron chi connectivity index (χ1n) is 6.22. The van der Waals surface area contributed by atoms with Gasteiger partial charge in [-0.15, -0.1) is 0 Å². The molecular formula is C12H25N3O2. The molecule has 3 N–H and O–H groups in total. The van der Waals surface area contributed by atoms with E-state index >= 15 is 0 Å². The lowest BCUT2D eigenvalue weighted by atomic mass is 9.80. The SMILES string of the molecule is CCOC(=O)NNC1CC(C)(C)NC(C)(C)C1. The van der Waals surface area contributed by atoms with Gasteiger partial charge in [-0.1, -0.05) is 0 Å². The fourth-order valence-corrected chi connectivity index (χ4v) is 2.75. The van der Waals surface area contributed by atoms with Crippen LogP contribution in [0.3, 0.4) is 0 Å². The summed E-state index contributed by atoms with van der Waals surface area (Å²) in [4.78, 5) is 11.2. The molecule has 0 saturated carbocycles. The standard InChI is InChI=1S/C12H25N3O2/c1-6-17-10(16)14-13-9-7-11(2,3)15-12(4,5)8-9/h9,13,15H,6-8H2,1-5H3,(H,14,16). The number of piperidine rings is 1. The van der Waals surface area contributed by atoms with Crippen LogP contribution in [0.2, 0.25) is 0 Å². The number of hydrazine groups is 1. The predicted molar refractivity (Wildman–Crippen MR) is 67.6 cm³/mol. The van der Waals surface area contributed by atoms with E-state index in [1.165, 1.54) is 0 Å². The highest BCUT2D eigenvalue weighted by Crippen LogP contribution is 2.28. The second kappa shape index (κ2) is 5.23. The molecule has 0 atom stereocenters. The minimum Gasteiger partial charge on any atom is -0.449 e. The second-order valence-corrected chi connectivity index (χ2v) is 5.99. The maximum absolute atomic E-state index is 11.2. The normalized spacial score (nSPS) is 23.1. The maximum atomic E-state index is 11.2. The third-order valence-corrected chi connectivity index (χ3v) is 2.84. The molecule has 0 aromatic heterocycles. The van der Waals surface area contributed by atoms with E-state index < -0.39 is 6.09 Å². The zero-order chi connectivity index (χ0) is 13.1. The molecule has 0 radical (unpaired) electrons. The van der Waals surface area contributed by atoms with E-state index in [1.54, 1.807) is 6.92 Å². The van der Waals surface area contributed by atoms with Gasteiger partial charge in [0, 0.05) is 17.1 Å². The highest BCUT2D eigenvalue weighted by Gasteiger charge is 2.37. The maximum Gasteiger partial charge on any atom is 0.421 e. The molecule has 1 saturated heterocycles. The lowest BCUT2D eigenvalue weighted by Gasteiger charge is -2.46. The van der Waals surface area contributed by atoms with Crippen molar-refractivity contribution in [3.05, 3.63) is 0 Å². The van der Waals surface area contributed by atoms with Gasteiger partial charge >= 0.3 is 6.09 Å². The molecule has 1 aliphatic rings. The number of ether oxygens (including phenoxy) is 1. The van der Waals surface area contributed by atoms with Crippen molar-refractivity contribution in [2.45, 2.75) is 64.6 Å². The predicted octanol–water partition coefficient (Wildman–Crippen LogP) is 1.55. The fourth-order valence-electron chi connectivity index (χ4n) is 2.75. The molecule has 0 spiro atoms. The first-order valence-corrected chi connectivity index (χ1v) is 6.22. The first kappa shape index (κ1) is 14.3. The van der Waals surface area contributed by atoms with Crippen LogP contribution in [0.25, 0.3) is 0 Å². The number of hydrogen-bond acceptors (Lipinski definition) is 4. The molecule has 5 heteroatoms. The largest absolute Gasteiger partial charge is 0.449 e. The van der Waals surface area contributed by atoms with Crippen LogP contribution in [-0.2, 0) is 4.74 Å². The van der Waals surface area contributed by atoms with Crippen molar-refractivity contribution in [1.29, 1.82) is 0 Å². The Hall–Kier alpha value is -0.810. The minimum atomic E-state index is -0.415. The summed E-state index contributed by atoms with van der Waals surface area (Å²) in [5, 5.41) is 3.59. The van der Waals surface area contributed by atoms with E-state index in [9.17, 15) is 4.79 Å². The quantitative estimate of drug-likeness (QED) is 0.658. The molecule has 0 aromatic carbocycles. The van der Waals surface area contributed by atoms with E-state index in [1.807, 2.05) is 0 Å². The minimum absolute atomic E-state index is 0.0652. The first-order chi connectivity index (χ1) is 7.74. The molecule has 1 rings (SSSR count). The number of carbonyl (C=O) groups excluding carboxylic acids is 1. The van der Waals surface area contributed by atoms with Gasteiger partial charge in [-0.05, 0) is 47.5 Å². The summed E-state index contributed by atoms with van der Waals surface area (Å²) in [5.41, 5.74) is 5.77. The summed E-state index contributed by atoms with van der Waals surface area (Å²) in [6.07, 6.45) is 1.51. The molecule has 1 amide bonds. The van der Waals surface area contributed by atoms with Crippen LogP contribution in [0.15, 0.2) is 0 Å². The number of hydrogen-bond donors (Lipinski definition) is 3. The molecule has 1 aliphatic heterocycles. The van der Waals surface area contributed by atoms with Crippen molar-refractivity contribution in [3.8, 4) is 0 Å². The summed E-state index contributed by atoms with van der Waals surface area (Å²) in [6.45, 7) is 10.9. The average molecular weight is 243 g/mol. The number of amides is 1. The number of carbonyl (C=O) groups is 1. The van der Waals surface area contributed by atoms with Crippen LogP contribution in [0, 0.1) is 0 Å². The molecule has 0 aliphatic carbocycles. The lowest BCUT2D eigenvalue weighted by molar-refractivity contribution is 0.120. The monoisotopic (exact) mass is 243 g/mol. The molecule has 0 bridgehead atoms. The molecule has 100 valence electrons. The smallest absolute Gasteiger partial charge is 0.421 e. The number of nitrogens with one attached hydrogen (secondary N) is 3. The third-order valence-electron chi connectivity index (χ3n) is 2.84. The van der Waals surface area contributed by atoms with E-state index in [-0.39, 0.29) is 17.1 Å². The average Bonchev–Trinajstić information content (AvgIpc) is 2.10. The Labute approximate surface area is 104 Å². The van der Waals surface area contributed by atoms with Crippen molar-refractivity contribution in [2.24, 2.45) is 0 Å². The Morgan fingerprint density at radius 1 is 1.29 bits per heavy atom. The Morgan fingerprint density at radius 3 is 2.29 bits per heavy atom. The zero-order valence-electron chi connectivity index (χ0n) is 11.5. The third kappa shape index (κ3) is 4.91. The molecule has 5 nitrogen and oxygen atoms in total. The lowest BCUT2D eigenvalue weighted by Crippen LogP contribution is -2.63. The van der Waals surface area contributed by atoms with Crippen LogP contribution >= 0.6 is 0 Å². The van der Waals surface area contributed by atoms with Gasteiger partial charge in [0.25, 0.3) is 0 Å². The summed E-state index contributed by atoms with van der Waals surface area (Å²) in [6, 6.07) is 0.255. The summed E-state index contributed by atoms with van der Waals surface area (Å²) < 4.78 is 4.81. The molecule has 1 heterocycles. The van der Waals surface area contributed by atoms with Gasteiger partial charge in [0.15, 0.2) is 0 Å². The van der Waals surface area contributed by atoms with Gasteiger partial charge in [0.05, 0.1) is 6.61 Å². The topological polar surface area (TPSA) is 62.4 Å². The van der Waals surface area contributed by atoms with Gasteiger partial charge in [-0.2, -0.15) is 0 Å². The van der Waals surface area contributed by atoms with Crippen LogP contribution in [0.4, 0.5) is 4.79 Å². The van der Waals surface area contributed by atoms with Crippen LogP contribution in [0.5, 0.6) is 0 Å². The van der Waals surface area contributed by atoms with Crippen molar-refractivity contribution >= 4 is 6.09 Å². The molecule has 17 heavy (non-hydrogen) atoms. The van der Waals surface area contributed by atoms with E-state index in [4.69, 9.17) is 4.74 Å². The summed E-state index contributed by atoms with van der Waals surface area (Å²) in [5.74, 6) is 0. The number of rotatable bonds is 3. The van der Waals surface area contributed by atoms with Gasteiger partial charge in [-0.3, -0.25) is 5.43 Å². The van der Waals surface area contributed by atoms with Crippen LogP contribution in [0.1, 0.15) is 47.5 Å². The van der Waals surface area contributed by atoms with Crippen molar-refractivity contribution in [3.63, 3.8) is 0 Å². The summed E-state index contributed by atoms with van der Waals surface area (Å²) in [7, 11) is 0. The molecule has 0 unspecified atom stereocenters. The van der Waals surface area contributed by atoms with Crippen molar-refractivity contribution < 1.29 is 9.53 Å². The molecule has 1 fully saturated rings. The van der Waals surface area contributed by atoms with Gasteiger partial charge < -0.3 is 10.1 Å². The highest BCUT2D eigenvalue weighted by atomic mass is 16.5. The zero-order valence-corrected chi connectivity index (χ0v) is 11.5. The fraction of sp³-hybridized carbons (Fsp3) is 0.917. The van der Waals surface area contributed by atoms with Gasteiger partial charge in [-0.25, -0.2) is 10.2 Å². The van der Waals surface area contributed by atoms with E-state index in [0.717, 1.165) is 12.8 Å². The molecular weight excluding hydrogens is 218 g/mol.